The lowest BCUT2D eigenvalue weighted by Crippen LogP contribution is -2.46. The van der Waals surface area contributed by atoms with Crippen molar-refractivity contribution in [3.05, 3.63) is 23.8 Å². The number of hydrogen-bond acceptors (Lipinski definition) is 5. The lowest BCUT2D eigenvalue weighted by Gasteiger charge is -2.21. The van der Waals surface area contributed by atoms with Crippen molar-refractivity contribution in [2.24, 2.45) is 0 Å². The minimum atomic E-state index is -0.670. The summed E-state index contributed by atoms with van der Waals surface area (Å²) in [4.78, 5) is 23.6. The molecule has 2 rings (SSSR count). The van der Waals surface area contributed by atoms with E-state index in [9.17, 15) is 9.59 Å². The Kier molecular flexibility index (Phi) is 5.54. The van der Waals surface area contributed by atoms with Crippen LogP contribution in [0.2, 0.25) is 0 Å². The molecule has 2 N–H and O–H groups in total. The van der Waals surface area contributed by atoms with Crippen LogP contribution in [0.15, 0.2) is 18.2 Å². The Bertz CT molecular complexity index is 609. The Labute approximate surface area is 141 Å². The van der Waals surface area contributed by atoms with Crippen LogP contribution in [-0.2, 0) is 16.0 Å². The van der Waals surface area contributed by atoms with E-state index in [2.05, 4.69) is 10.6 Å². The van der Waals surface area contributed by atoms with Gasteiger partial charge in [-0.05, 0) is 51.8 Å². The summed E-state index contributed by atoms with van der Waals surface area (Å²) in [6.45, 7) is 7.61. The molecule has 0 radical (unpaired) electrons. The molecule has 7 heteroatoms. The first-order valence-corrected chi connectivity index (χ1v) is 7.90. The van der Waals surface area contributed by atoms with Gasteiger partial charge in [0.1, 0.15) is 11.6 Å². The quantitative estimate of drug-likeness (QED) is 0.859. The first-order chi connectivity index (χ1) is 11.2. The third kappa shape index (κ3) is 5.33. The second kappa shape index (κ2) is 7.42. The summed E-state index contributed by atoms with van der Waals surface area (Å²) in [5.74, 6) is 1.19. The fraction of sp³-hybridized carbons (Fsp3) is 0.529. The zero-order chi connectivity index (χ0) is 17.7. The summed E-state index contributed by atoms with van der Waals surface area (Å²) in [5, 5.41) is 5.29. The molecule has 0 fully saturated rings. The number of carbonyl (C=O) groups excluding carboxylic acids is 2. The first kappa shape index (κ1) is 17.9. The number of amides is 2. The van der Waals surface area contributed by atoms with Crippen molar-refractivity contribution >= 4 is 12.0 Å². The number of hydrogen-bond donors (Lipinski definition) is 2. The van der Waals surface area contributed by atoms with Crippen LogP contribution in [0.1, 0.15) is 33.3 Å². The average Bonchev–Trinajstić information content (AvgIpc) is 2.92. The smallest absolute Gasteiger partial charge is 0.408 e. The molecule has 1 unspecified atom stereocenters. The SMILES string of the molecule is CC(NC(=O)OC(C)(C)C)C(=O)NCCc1ccc2c(c1)OCO2. The van der Waals surface area contributed by atoms with E-state index in [4.69, 9.17) is 14.2 Å². The highest BCUT2D eigenvalue weighted by atomic mass is 16.7. The molecule has 24 heavy (non-hydrogen) atoms. The Morgan fingerprint density at radius 3 is 2.67 bits per heavy atom. The maximum atomic E-state index is 12.0. The molecule has 0 saturated heterocycles. The summed E-state index contributed by atoms with van der Waals surface area (Å²) in [6, 6.07) is 5.02. The van der Waals surface area contributed by atoms with Gasteiger partial charge in [0.25, 0.3) is 0 Å². The maximum Gasteiger partial charge on any atom is 0.408 e. The number of fused-ring (bicyclic) bond motifs is 1. The fourth-order valence-corrected chi connectivity index (χ4v) is 2.13. The van der Waals surface area contributed by atoms with Crippen molar-refractivity contribution in [3.63, 3.8) is 0 Å². The van der Waals surface area contributed by atoms with Gasteiger partial charge in [-0.1, -0.05) is 6.07 Å². The number of alkyl carbamates (subject to hydrolysis) is 1. The van der Waals surface area contributed by atoms with Gasteiger partial charge in [0.05, 0.1) is 0 Å². The molecule has 1 aromatic rings. The third-order valence-electron chi connectivity index (χ3n) is 3.28. The summed E-state index contributed by atoms with van der Waals surface area (Å²) in [6.07, 6.45) is 0.0440. The molecule has 0 bridgehead atoms. The largest absolute Gasteiger partial charge is 0.454 e. The van der Waals surface area contributed by atoms with Crippen molar-refractivity contribution in [1.29, 1.82) is 0 Å². The second-order valence-corrected chi connectivity index (χ2v) is 6.60. The number of benzene rings is 1. The van der Waals surface area contributed by atoms with E-state index in [0.29, 0.717) is 13.0 Å². The minimum absolute atomic E-state index is 0.239. The van der Waals surface area contributed by atoms with Crippen molar-refractivity contribution in [2.45, 2.75) is 45.8 Å². The van der Waals surface area contributed by atoms with E-state index in [1.54, 1.807) is 27.7 Å². The van der Waals surface area contributed by atoms with Crippen molar-refractivity contribution in [1.82, 2.24) is 10.6 Å². The number of ether oxygens (including phenoxy) is 3. The molecule has 2 amide bonds. The van der Waals surface area contributed by atoms with E-state index in [0.717, 1.165) is 17.1 Å². The Morgan fingerprint density at radius 2 is 1.96 bits per heavy atom. The molecule has 1 aromatic carbocycles. The molecule has 0 aliphatic carbocycles. The van der Waals surface area contributed by atoms with Gasteiger partial charge in [-0.25, -0.2) is 4.79 Å². The number of rotatable bonds is 5. The van der Waals surface area contributed by atoms with Crippen LogP contribution in [0.3, 0.4) is 0 Å². The van der Waals surface area contributed by atoms with Crippen molar-refractivity contribution in [3.8, 4) is 11.5 Å². The zero-order valence-corrected chi connectivity index (χ0v) is 14.5. The maximum absolute atomic E-state index is 12.0. The molecule has 0 aromatic heterocycles. The lowest BCUT2D eigenvalue weighted by atomic mass is 10.1. The predicted molar refractivity (Wildman–Crippen MR) is 88.1 cm³/mol. The van der Waals surface area contributed by atoms with E-state index in [1.807, 2.05) is 18.2 Å². The summed E-state index contributed by atoms with van der Waals surface area (Å²) < 4.78 is 15.7. The molecule has 1 heterocycles. The van der Waals surface area contributed by atoms with Gasteiger partial charge in [-0.3, -0.25) is 4.79 Å². The van der Waals surface area contributed by atoms with Crippen LogP contribution >= 0.6 is 0 Å². The van der Waals surface area contributed by atoms with E-state index in [-0.39, 0.29) is 12.7 Å². The lowest BCUT2D eigenvalue weighted by molar-refractivity contribution is -0.122. The first-order valence-electron chi connectivity index (χ1n) is 7.90. The van der Waals surface area contributed by atoms with Crippen molar-refractivity contribution < 1.29 is 23.8 Å². The molecule has 132 valence electrons. The van der Waals surface area contributed by atoms with Gasteiger partial charge in [0.2, 0.25) is 12.7 Å². The molecule has 0 saturated carbocycles. The second-order valence-electron chi connectivity index (χ2n) is 6.60. The molecule has 7 nitrogen and oxygen atoms in total. The standard InChI is InChI=1S/C17H24N2O5/c1-11(19-16(21)24-17(2,3)4)15(20)18-8-7-12-5-6-13-14(9-12)23-10-22-13/h5-6,9,11H,7-8,10H2,1-4H3,(H,18,20)(H,19,21). The molecular formula is C17H24N2O5. The fourth-order valence-electron chi connectivity index (χ4n) is 2.13. The summed E-state index contributed by atoms with van der Waals surface area (Å²) in [7, 11) is 0. The highest BCUT2D eigenvalue weighted by Crippen LogP contribution is 2.32. The van der Waals surface area contributed by atoms with Crippen molar-refractivity contribution in [2.75, 3.05) is 13.3 Å². The van der Waals surface area contributed by atoms with Crippen LogP contribution in [0.4, 0.5) is 4.79 Å². The topological polar surface area (TPSA) is 85.9 Å². The highest BCUT2D eigenvalue weighted by molar-refractivity contribution is 5.85. The summed E-state index contributed by atoms with van der Waals surface area (Å²) in [5.41, 5.74) is 0.437. The van der Waals surface area contributed by atoms with Crippen LogP contribution < -0.4 is 20.1 Å². The summed E-state index contributed by atoms with van der Waals surface area (Å²) >= 11 is 0. The van der Waals surface area contributed by atoms with Crippen LogP contribution in [-0.4, -0.2) is 37.0 Å². The van der Waals surface area contributed by atoms with Gasteiger partial charge in [0.15, 0.2) is 11.5 Å². The third-order valence-corrected chi connectivity index (χ3v) is 3.28. The highest BCUT2D eigenvalue weighted by Gasteiger charge is 2.20. The normalized spacial score (nSPS) is 14.0. The molecule has 0 spiro atoms. The molecule has 1 atom stereocenters. The van der Waals surface area contributed by atoms with E-state index >= 15 is 0 Å². The Morgan fingerprint density at radius 1 is 1.25 bits per heavy atom. The molecule has 1 aliphatic heterocycles. The molecular weight excluding hydrogens is 312 g/mol. The minimum Gasteiger partial charge on any atom is -0.454 e. The van der Waals surface area contributed by atoms with Gasteiger partial charge in [-0.15, -0.1) is 0 Å². The van der Waals surface area contributed by atoms with Gasteiger partial charge in [-0.2, -0.15) is 0 Å². The van der Waals surface area contributed by atoms with Gasteiger partial charge < -0.3 is 24.8 Å². The number of carbonyl (C=O) groups is 2. The Balaban J connectivity index is 1.73. The monoisotopic (exact) mass is 336 g/mol. The van der Waals surface area contributed by atoms with E-state index in [1.165, 1.54) is 0 Å². The Hall–Kier alpha value is -2.44. The van der Waals surface area contributed by atoms with Gasteiger partial charge in [0, 0.05) is 6.54 Å². The average molecular weight is 336 g/mol. The zero-order valence-electron chi connectivity index (χ0n) is 14.5. The van der Waals surface area contributed by atoms with Crippen LogP contribution in [0.5, 0.6) is 11.5 Å². The van der Waals surface area contributed by atoms with E-state index < -0.39 is 17.7 Å². The van der Waals surface area contributed by atoms with Crippen LogP contribution in [0, 0.1) is 0 Å². The van der Waals surface area contributed by atoms with Crippen LogP contribution in [0.25, 0.3) is 0 Å². The molecule has 1 aliphatic rings. The number of nitrogens with one attached hydrogen (secondary N) is 2. The van der Waals surface area contributed by atoms with Gasteiger partial charge >= 0.3 is 6.09 Å². The predicted octanol–water partition coefficient (Wildman–Crippen LogP) is 1.99.